The second kappa shape index (κ2) is 14.1. The first-order valence-electron chi connectivity index (χ1n) is 16.8. The molecule has 3 aromatic carbocycles. The Balaban J connectivity index is 1.27. The lowest BCUT2D eigenvalue weighted by Gasteiger charge is -2.33. The number of alkyl halides is 1. The van der Waals surface area contributed by atoms with E-state index in [1.807, 2.05) is 24.8 Å². The van der Waals surface area contributed by atoms with E-state index < -0.39 is 21.8 Å². The Labute approximate surface area is 295 Å². The molecule has 2 atom stereocenters. The molecule has 0 saturated carbocycles. The summed E-state index contributed by atoms with van der Waals surface area (Å²) in [6.07, 6.45) is 1.46. The summed E-state index contributed by atoms with van der Waals surface area (Å²) in [4.78, 5) is 13.9. The minimum atomic E-state index is -4.26. The van der Waals surface area contributed by atoms with Crippen LogP contribution in [0.1, 0.15) is 43.0 Å². The molecule has 4 aromatic rings. The highest BCUT2D eigenvalue weighted by Gasteiger charge is 2.49. The number of aryl methyl sites for hydroxylation is 1. The lowest BCUT2D eigenvalue weighted by molar-refractivity contribution is 0.0512. The smallest absolute Gasteiger partial charge is 0.340 e. The van der Waals surface area contributed by atoms with Gasteiger partial charge in [-0.3, -0.25) is 4.90 Å². The third-order valence-corrected chi connectivity index (χ3v) is 11.8. The average Bonchev–Trinajstić information content (AvgIpc) is 3.62. The van der Waals surface area contributed by atoms with Crippen LogP contribution in [0.4, 0.5) is 14.5 Å². The van der Waals surface area contributed by atoms with Crippen molar-refractivity contribution in [1.29, 1.82) is 0 Å². The van der Waals surface area contributed by atoms with Crippen molar-refractivity contribution in [1.82, 2.24) is 14.9 Å². The average molecular weight is 727 g/mol. The van der Waals surface area contributed by atoms with E-state index in [2.05, 4.69) is 9.88 Å². The highest BCUT2D eigenvalue weighted by molar-refractivity contribution is 7.99. The van der Waals surface area contributed by atoms with E-state index >= 15 is 4.39 Å². The lowest BCUT2D eigenvalue weighted by Crippen LogP contribution is -2.43. The number of halogens is 2. The van der Waals surface area contributed by atoms with Crippen LogP contribution in [-0.4, -0.2) is 80.9 Å². The molecule has 0 radical (unpaired) electrons. The number of rotatable bonds is 12. The van der Waals surface area contributed by atoms with E-state index in [9.17, 15) is 12.8 Å². The summed E-state index contributed by atoms with van der Waals surface area (Å²) >= 11 is 1.43. The molecule has 0 bridgehead atoms. The summed E-state index contributed by atoms with van der Waals surface area (Å²) in [6.45, 7) is 5.76. The first-order chi connectivity index (χ1) is 24.1. The maximum absolute atomic E-state index is 16.2. The van der Waals surface area contributed by atoms with Crippen molar-refractivity contribution in [2.24, 2.45) is 0 Å². The monoisotopic (exact) mass is 726 g/mol. The second-order valence-electron chi connectivity index (χ2n) is 13.0. The molecule has 0 amide bonds. The number of aromatic nitrogens is 2. The molecule has 0 N–H and O–H groups in total. The van der Waals surface area contributed by atoms with Crippen molar-refractivity contribution in [3.05, 3.63) is 71.2 Å². The Morgan fingerprint density at radius 2 is 1.90 bits per heavy atom. The van der Waals surface area contributed by atoms with Crippen LogP contribution in [0.15, 0.2) is 58.3 Å². The van der Waals surface area contributed by atoms with Crippen LogP contribution in [0.3, 0.4) is 0 Å². The summed E-state index contributed by atoms with van der Waals surface area (Å²) in [5.41, 5.74) is 2.05. The van der Waals surface area contributed by atoms with Gasteiger partial charge in [-0.05, 0) is 68.1 Å². The number of thioether (sulfide) groups is 1. The van der Waals surface area contributed by atoms with E-state index in [0.29, 0.717) is 70.0 Å². The van der Waals surface area contributed by atoms with Crippen molar-refractivity contribution in [2.75, 3.05) is 50.8 Å². The van der Waals surface area contributed by atoms with E-state index in [4.69, 9.17) is 23.4 Å². The number of benzene rings is 3. The van der Waals surface area contributed by atoms with Crippen molar-refractivity contribution in [3.63, 3.8) is 0 Å². The van der Waals surface area contributed by atoms with E-state index in [0.717, 1.165) is 24.9 Å². The van der Waals surface area contributed by atoms with Crippen LogP contribution in [0.2, 0.25) is 0 Å². The second-order valence-corrected chi connectivity index (χ2v) is 15.9. The van der Waals surface area contributed by atoms with Gasteiger partial charge in [0.15, 0.2) is 6.79 Å². The van der Waals surface area contributed by atoms with Gasteiger partial charge in [0.05, 0.1) is 23.5 Å². The Kier molecular flexibility index (Phi) is 9.81. The Hall–Kier alpha value is -3.72. The minimum Gasteiger partial charge on any atom is -0.467 e. The van der Waals surface area contributed by atoms with Crippen molar-refractivity contribution >= 4 is 38.3 Å². The molecule has 50 heavy (non-hydrogen) atoms. The van der Waals surface area contributed by atoms with Gasteiger partial charge in [0.2, 0.25) is 5.88 Å². The molecule has 266 valence electrons. The van der Waals surface area contributed by atoms with Crippen molar-refractivity contribution in [2.45, 2.75) is 67.6 Å². The highest BCUT2D eigenvalue weighted by atomic mass is 32.2. The first kappa shape index (κ1) is 34.7. The Morgan fingerprint density at radius 1 is 1.08 bits per heavy atom. The van der Waals surface area contributed by atoms with Crippen LogP contribution in [0.5, 0.6) is 17.6 Å². The van der Waals surface area contributed by atoms with Gasteiger partial charge in [0.1, 0.15) is 29.2 Å². The summed E-state index contributed by atoms with van der Waals surface area (Å²) < 4.78 is 80.5. The number of anilines is 1. The van der Waals surface area contributed by atoms with Crippen LogP contribution in [-0.2, 0) is 27.8 Å². The molecule has 0 aliphatic carbocycles. The van der Waals surface area contributed by atoms with Gasteiger partial charge in [-0.2, -0.15) is 18.4 Å². The summed E-state index contributed by atoms with van der Waals surface area (Å²) in [5.74, 6) is 0.786. The third kappa shape index (κ3) is 6.82. The van der Waals surface area contributed by atoms with Gasteiger partial charge in [-0.25, -0.2) is 8.78 Å². The zero-order valence-electron chi connectivity index (χ0n) is 28.3. The van der Waals surface area contributed by atoms with Gasteiger partial charge in [-0.1, -0.05) is 30.7 Å². The number of hydrogen-bond acceptors (Lipinski definition) is 11. The Morgan fingerprint density at radius 3 is 2.68 bits per heavy atom. The molecular formula is C36H40F2N4O6S2. The van der Waals surface area contributed by atoms with Crippen LogP contribution in [0.25, 0.3) is 10.8 Å². The zero-order chi connectivity index (χ0) is 35.0. The quantitative estimate of drug-likeness (QED) is 0.0914. The van der Waals surface area contributed by atoms with Crippen LogP contribution < -0.4 is 18.6 Å². The van der Waals surface area contributed by atoms with Gasteiger partial charge in [0, 0.05) is 48.5 Å². The van der Waals surface area contributed by atoms with E-state index in [-0.39, 0.29) is 42.5 Å². The predicted molar refractivity (Wildman–Crippen MR) is 187 cm³/mol. The fourth-order valence-corrected chi connectivity index (χ4v) is 8.91. The third-order valence-electron chi connectivity index (χ3n) is 9.69. The molecule has 10 nitrogen and oxygen atoms in total. The molecule has 7 rings (SSSR count). The predicted octanol–water partition coefficient (Wildman–Crippen LogP) is 6.46. The number of fused-ring (bicyclic) bond motifs is 3. The van der Waals surface area contributed by atoms with Crippen molar-refractivity contribution < 1.29 is 35.6 Å². The molecule has 0 unspecified atom stereocenters. The standard InChI is InChI=1S/C36H40F2N4O6S2/c1-4-49-31-11-8-24-16-26(47-22-45-3)17-30(32(24)33(31)38)41-15-12-28-29(20-41)39-35(46-21-36-13-5-14-42(36)19-25(37)18-36)40-34(28)48-50(43,44)27-9-6-23(2)7-10-27/h6-11,16-17,25H,4-5,12-15,18-22H2,1-3H3/t25-,36+/m1/s1. The minimum absolute atomic E-state index is 0.00799. The molecule has 2 fully saturated rings. The lowest BCUT2D eigenvalue weighted by atomic mass is 9.95. The number of nitrogens with zero attached hydrogens (tertiary/aromatic N) is 4. The largest absolute Gasteiger partial charge is 0.467 e. The number of hydrogen-bond donors (Lipinski definition) is 0. The molecule has 0 spiro atoms. The molecular weight excluding hydrogens is 687 g/mol. The van der Waals surface area contributed by atoms with Crippen LogP contribution >= 0.6 is 11.8 Å². The Bertz CT molecular complexity index is 2000. The topological polar surface area (TPSA) is 103 Å². The maximum Gasteiger partial charge on any atom is 0.340 e. The van der Waals surface area contributed by atoms with Gasteiger partial charge < -0.3 is 23.3 Å². The van der Waals surface area contributed by atoms with Crippen LogP contribution in [0, 0.1) is 12.7 Å². The molecule has 2 saturated heterocycles. The summed E-state index contributed by atoms with van der Waals surface area (Å²) in [7, 11) is -2.73. The van der Waals surface area contributed by atoms with E-state index in [1.54, 1.807) is 30.3 Å². The SMILES string of the molecule is CCSc1ccc2cc(OCOC)cc(N3CCc4c(nc(OC[C@@]56CCCN5C[C@H](F)C6)nc4OS(=O)(=O)c4ccc(C)cc4)C3)c2c1F. The number of ether oxygens (including phenoxy) is 3. The first-order valence-corrected chi connectivity index (χ1v) is 19.2. The number of methoxy groups -OCH3 is 1. The van der Waals surface area contributed by atoms with Gasteiger partial charge in [0.25, 0.3) is 0 Å². The highest BCUT2D eigenvalue weighted by Crippen LogP contribution is 2.42. The van der Waals surface area contributed by atoms with Crippen molar-refractivity contribution in [3.8, 4) is 17.6 Å². The van der Waals surface area contributed by atoms with Gasteiger partial charge in [-0.15, -0.1) is 11.8 Å². The fourth-order valence-electron chi connectivity index (χ4n) is 7.30. The molecule has 14 heteroatoms. The zero-order valence-corrected chi connectivity index (χ0v) is 29.9. The molecule has 3 aliphatic heterocycles. The normalized spacial score (nSPS) is 20.6. The van der Waals surface area contributed by atoms with Gasteiger partial charge >= 0.3 is 16.1 Å². The summed E-state index contributed by atoms with van der Waals surface area (Å²) in [6, 6.07) is 13.5. The fraction of sp³-hybridized carbons (Fsp3) is 0.444. The molecule has 1 aromatic heterocycles. The molecule has 4 heterocycles. The van der Waals surface area contributed by atoms with E-state index in [1.165, 1.54) is 31.0 Å². The maximum atomic E-state index is 16.2. The molecule has 3 aliphatic rings. The summed E-state index contributed by atoms with van der Waals surface area (Å²) in [5, 5.41) is 1.11.